The lowest BCUT2D eigenvalue weighted by Gasteiger charge is -2.29. The van der Waals surface area contributed by atoms with Gasteiger partial charge in [-0.2, -0.15) is 0 Å². The number of nitrogens with zero attached hydrogens (tertiary/aromatic N) is 1. The predicted octanol–water partition coefficient (Wildman–Crippen LogP) is 9.66. The van der Waals surface area contributed by atoms with Crippen molar-refractivity contribution in [2.45, 2.75) is 138 Å². The van der Waals surface area contributed by atoms with Gasteiger partial charge in [0.25, 0.3) is 5.24 Å². The van der Waals surface area contributed by atoms with Crippen molar-refractivity contribution in [1.82, 2.24) is 4.90 Å². The lowest BCUT2D eigenvalue weighted by Crippen LogP contribution is -2.37. The lowest BCUT2D eigenvalue weighted by molar-refractivity contribution is -0.157. The fraction of sp³-hybridized carbons (Fsp3) is 0.735. The summed E-state index contributed by atoms with van der Waals surface area (Å²) in [6, 6.07) is 7.99. The molecule has 0 bridgehead atoms. The Hall–Kier alpha value is -3.58. The Balaban J connectivity index is 1.88. The number of aryl methyl sites for hydroxylation is 2. The molecule has 0 saturated heterocycles. The summed E-state index contributed by atoms with van der Waals surface area (Å²) in [5, 5.41) is 9.71. The molecule has 1 aromatic carbocycles. The number of allylic oxidation sites excluding steroid dienone is 1. The van der Waals surface area contributed by atoms with E-state index < -0.39 is 22.8 Å². The number of ether oxygens (including phenoxy) is 5. The van der Waals surface area contributed by atoms with Crippen LogP contribution in [0.4, 0.5) is 4.79 Å². The fourth-order valence-corrected chi connectivity index (χ4v) is 7.34. The van der Waals surface area contributed by atoms with Gasteiger partial charge in [0.05, 0.1) is 42.6 Å². The molecular formula is C49H79NO11S. The van der Waals surface area contributed by atoms with Crippen molar-refractivity contribution in [3.8, 4) is 0 Å². The third kappa shape index (κ3) is 23.7. The molecule has 12 nitrogen and oxygen atoms in total. The van der Waals surface area contributed by atoms with Crippen LogP contribution in [0.3, 0.4) is 0 Å². The van der Waals surface area contributed by atoms with Crippen LogP contribution in [0.2, 0.25) is 0 Å². The standard InChI is InChI=1S/C49H79NO11S/c1-36(2)10-11-37(3)12-17-40(6)57-33-49(8,34-60-44(53)25-23-42-20-15-39(5)16-21-42)35-61-46(55)27-29-50(47(56)62-9)28-26-45(54)59-32-48(7,30-51)31-58-43(52)24-22-41-18-13-38(4)14-19-41/h15-16,20-21,36-38,41,51H,6,10-14,17-19,22-35H2,1-5,7-9H3. The number of rotatable bonds is 30. The second-order valence-electron chi connectivity index (χ2n) is 19.0. The van der Waals surface area contributed by atoms with Gasteiger partial charge in [0.15, 0.2) is 0 Å². The van der Waals surface area contributed by atoms with Crippen molar-refractivity contribution in [2.24, 2.45) is 34.5 Å². The SMILES string of the molecule is C=C(CCC(C)CCC(C)C)OCC(C)(COC(=O)CCc1ccc(C)cc1)COC(=O)CCN(CCC(=O)OCC(C)(CO)COC(=O)CCC1CCC(C)CC1)C(=O)SC. The number of aliphatic hydroxyl groups excluding tert-OH is 1. The Bertz CT molecular complexity index is 1530. The van der Waals surface area contributed by atoms with E-state index in [1.165, 1.54) is 17.7 Å². The maximum atomic E-state index is 13.1. The van der Waals surface area contributed by atoms with Crippen LogP contribution in [0, 0.1) is 41.4 Å². The van der Waals surface area contributed by atoms with Crippen LogP contribution in [-0.2, 0) is 49.3 Å². The minimum Gasteiger partial charge on any atom is -0.498 e. The Morgan fingerprint density at radius 2 is 1.23 bits per heavy atom. The molecule has 3 atom stereocenters. The van der Waals surface area contributed by atoms with E-state index in [9.17, 15) is 29.1 Å². The van der Waals surface area contributed by atoms with E-state index in [2.05, 4.69) is 34.3 Å². The number of carbonyl (C=O) groups is 5. The van der Waals surface area contributed by atoms with Gasteiger partial charge >= 0.3 is 23.9 Å². The van der Waals surface area contributed by atoms with Gasteiger partial charge in [-0.05, 0) is 68.6 Å². The number of amides is 1. The maximum Gasteiger partial charge on any atom is 0.307 e. The van der Waals surface area contributed by atoms with Crippen molar-refractivity contribution in [1.29, 1.82) is 0 Å². The number of benzene rings is 1. The van der Waals surface area contributed by atoms with Gasteiger partial charge in [0, 0.05) is 32.4 Å². The fourth-order valence-electron chi connectivity index (χ4n) is 6.90. The summed E-state index contributed by atoms with van der Waals surface area (Å²) in [6.45, 7) is 17.9. The van der Waals surface area contributed by atoms with E-state index in [4.69, 9.17) is 23.7 Å². The molecule has 0 aromatic heterocycles. The summed E-state index contributed by atoms with van der Waals surface area (Å²) in [6.07, 6.45) is 11.7. The third-order valence-corrected chi connectivity index (χ3v) is 12.3. The molecule has 0 spiro atoms. The average Bonchev–Trinajstić information content (AvgIpc) is 3.26. The number of esters is 4. The number of hydrogen-bond donors (Lipinski definition) is 1. The molecule has 0 radical (unpaired) electrons. The predicted molar refractivity (Wildman–Crippen MR) is 244 cm³/mol. The summed E-state index contributed by atoms with van der Waals surface area (Å²) in [7, 11) is 0. The van der Waals surface area contributed by atoms with Crippen molar-refractivity contribution in [3.63, 3.8) is 0 Å². The highest BCUT2D eigenvalue weighted by molar-refractivity contribution is 8.12. The minimum absolute atomic E-state index is 0.00114. The Kier molecular flexibility index (Phi) is 25.5. The van der Waals surface area contributed by atoms with Gasteiger partial charge in [-0.1, -0.05) is 121 Å². The normalized spacial score (nSPS) is 17.5. The minimum atomic E-state index is -0.984. The molecule has 1 N–H and O–H groups in total. The second-order valence-corrected chi connectivity index (χ2v) is 19.7. The first kappa shape index (κ1) is 54.6. The quantitative estimate of drug-likeness (QED) is 0.0444. The second kappa shape index (κ2) is 29.0. The molecule has 1 amide bonds. The van der Waals surface area contributed by atoms with E-state index >= 15 is 0 Å². The van der Waals surface area contributed by atoms with E-state index in [1.54, 1.807) is 13.2 Å². The zero-order valence-electron chi connectivity index (χ0n) is 39.3. The van der Waals surface area contributed by atoms with Crippen LogP contribution in [0.25, 0.3) is 0 Å². The molecule has 1 saturated carbocycles. The molecule has 352 valence electrons. The smallest absolute Gasteiger partial charge is 0.307 e. The van der Waals surface area contributed by atoms with Crippen molar-refractivity contribution in [3.05, 3.63) is 47.7 Å². The van der Waals surface area contributed by atoms with Crippen molar-refractivity contribution >= 4 is 40.9 Å². The van der Waals surface area contributed by atoms with Gasteiger partial charge in [-0.15, -0.1) is 0 Å². The van der Waals surface area contributed by atoms with Crippen molar-refractivity contribution < 1.29 is 52.8 Å². The first-order valence-corrected chi connectivity index (χ1v) is 24.0. The summed E-state index contributed by atoms with van der Waals surface area (Å²) in [5.41, 5.74) is 0.311. The topological polar surface area (TPSA) is 155 Å². The van der Waals surface area contributed by atoms with E-state index in [-0.39, 0.29) is 89.2 Å². The summed E-state index contributed by atoms with van der Waals surface area (Å²) < 4.78 is 28.4. The summed E-state index contributed by atoms with van der Waals surface area (Å²) >= 11 is 0.956. The molecule has 2 rings (SSSR count). The molecule has 0 heterocycles. The van der Waals surface area contributed by atoms with E-state index in [1.807, 2.05) is 38.1 Å². The average molecular weight is 890 g/mol. The zero-order chi connectivity index (χ0) is 46.1. The van der Waals surface area contributed by atoms with E-state index in [0.29, 0.717) is 42.8 Å². The summed E-state index contributed by atoms with van der Waals surface area (Å²) in [5.74, 6) is 1.20. The van der Waals surface area contributed by atoms with Crippen LogP contribution in [0.1, 0.15) is 136 Å². The maximum absolute atomic E-state index is 13.1. The monoisotopic (exact) mass is 890 g/mol. The number of aliphatic hydroxyl groups is 1. The zero-order valence-corrected chi connectivity index (χ0v) is 40.1. The van der Waals surface area contributed by atoms with Gasteiger partial charge in [0.2, 0.25) is 0 Å². The highest BCUT2D eigenvalue weighted by atomic mass is 32.2. The molecule has 3 unspecified atom stereocenters. The van der Waals surface area contributed by atoms with Crippen LogP contribution >= 0.6 is 11.8 Å². The van der Waals surface area contributed by atoms with Gasteiger partial charge in [0.1, 0.15) is 26.4 Å². The molecule has 1 aliphatic carbocycles. The molecular weight excluding hydrogens is 811 g/mol. The van der Waals surface area contributed by atoms with Crippen LogP contribution in [0.5, 0.6) is 0 Å². The summed E-state index contributed by atoms with van der Waals surface area (Å²) in [4.78, 5) is 65.3. The largest absolute Gasteiger partial charge is 0.498 e. The molecule has 1 aliphatic rings. The molecule has 13 heteroatoms. The van der Waals surface area contributed by atoms with Crippen LogP contribution < -0.4 is 0 Å². The molecule has 0 aliphatic heterocycles. The number of carbonyl (C=O) groups excluding carboxylic acids is 5. The van der Waals surface area contributed by atoms with Gasteiger partial charge in [-0.3, -0.25) is 24.0 Å². The lowest BCUT2D eigenvalue weighted by atomic mass is 9.81. The first-order chi connectivity index (χ1) is 29.3. The highest BCUT2D eigenvalue weighted by Gasteiger charge is 2.31. The first-order valence-electron chi connectivity index (χ1n) is 22.8. The van der Waals surface area contributed by atoms with Crippen LogP contribution in [0.15, 0.2) is 36.6 Å². The number of hydrogen-bond acceptors (Lipinski definition) is 12. The van der Waals surface area contributed by atoms with Crippen LogP contribution in [-0.4, -0.2) is 98.1 Å². The number of thioether (sulfide) groups is 1. The molecule has 1 aromatic rings. The Morgan fingerprint density at radius 1 is 0.726 bits per heavy atom. The van der Waals surface area contributed by atoms with Gasteiger partial charge < -0.3 is 33.7 Å². The van der Waals surface area contributed by atoms with Crippen molar-refractivity contribution in [2.75, 3.05) is 59.0 Å². The van der Waals surface area contributed by atoms with Gasteiger partial charge in [-0.25, -0.2) is 0 Å². The Labute approximate surface area is 376 Å². The third-order valence-electron chi connectivity index (χ3n) is 11.7. The van der Waals surface area contributed by atoms with E-state index in [0.717, 1.165) is 67.3 Å². The molecule has 1 fully saturated rings. The Morgan fingerprint density at radius 3 is 1.74 bits per heavy atom. The molecule has 62 heavy (non-hydrogen) atoms. The highest BCUT2D eigenvalue weighted by Crippen LogP contribution is 2.31.